The first kappa shape index (κ1) is 18.1. The molecule has 132 valence electrons. The number of hydrogen-bond donors (Lipinski definition) is 0. The zero-order valence-corrected chi connectivity index (χ0v) is 15.4. The molecule has 3 aromatic rings. The molecule has 0 aromatic heterocycles. The minimum atomic E-state index is 0.109. The van der Waals surface area contributed by atoms with Gasteiger partial charge < -0.3 is 9.47 Å². The standard InChI is InChI=1S/C22H20O3S/c1-24-21-13-12-19(26-16-20(23)18-10-6-3-7-11-18)14-22(21)25-15-17-8-4-2-5-9-17/h2-14H,15-16H2,1H3. The van der Waals surface area contributed by atoms with Crippen LogP contribution in [-0.2, 0) is 6.61 Å². The lowest BCUT2D eigenvalue weighted by Crippen LogP contribution is -2.02. The quantitative estimate of drug-likeness (QED) is 0.404. The van der Waals surface area contributed by atoms with Crippen LogP contribution in [0.1, 0.15) is 15.9 Å². The smallest absolute Gasteiger partial charge is 0.173 e. The lowest BCUT2D eigenvalue weighted by Gasteiger charge is -2.12. The van der Waals surface area contributed by atoms with Crippen molar-refractivity contribution in [1.82, 2.24) is 0 Å². The summed E-state index contributed by atoms with van der Waals surface area (Å²) >= 11 is 1.49. The Morgan fingerprint density at radius 3 is 2.27 bits per heavy atom. The van der Waals surface area contributed by atoms with Crippen molar-refractivity contribution in [3.8, 4) is 11.5 Å². The van der Waals surface area contributed by atoms with E-state index in [9.17, 15) is 4.79 Å². The fourth-order valence-corrected chi connectivity index (χ4v) is 3.27. The summed E-state index contributed by atoms with van der Waals surface area (Å²) in [7, 11) is 1.62. The number of Topliss-reactive ketones (excluding diaryl/α,β-unsaturated/α-hetero) is 1. The van der Waals surface area contributed by atoms with Crippen LogP contribution in [-0.4, -0.2) is 18.6 Å². The Kier molecular flexibility index (Phi) is 6.34. The number of benzene rings is 3. The molecule has 0 heterocycles. The topological polar surface area (TPSA) is 35.5 Å². The Morgan fingerprint density at radius 1 is 0.885 bits per heavy atom. The van der Waals surface area contributed by atoms with E-state index < -0.39 is 0 Å². The van der Waals surface area contributed by atoms with Gasteiger partial charge in [-0.25, -0.2) is 0 Å². The molecule has 3 nitrogen and oxygen atoms in total. The number of methoxy groups -OCH3 is 1. The van der Waals surface area contributed by atoms with Crippen LogP contribution in [0.25, 0.3) is 0 Å². The molecule has 0 fully saturated rings. The van der Waals surface area contributed by atoms with Crippen LogP contribution in [0, 0.1) is 0 Å². The van der Waals surface area contributed by atoms with E-state index in [1.165, 1.54) is 11.8 Å². The van der Waals surface area contributed by atoms with Gasteiger partial charge in [0.1, 0.15) is 6.61 Å². The number of ether oxygens (including phenoxy) is 2. The molecule has 3 aromatic carbocycles. The lowest BCUT2D eigenvalue weighted by atomic mass is 10.2. The summed E-state index contributed by atoms with van der Waals surface area (Å²) in [6, 6.07) is 25.0. The van der Waals surface area contributed by atoms with Gasteiger partial charge in [0, 0.05) is 10.5 Å². The minimum Gasteiger partial charge on any atom is -0.493 e. The number of hydrogen-bond acceptors (Lipinski definition) is 4. The SMILES string of the molecule is COc1ccc(SCC(=O)c2ccccc2)cc1OCc1ccccc1. The molecule has 0 spiro atoms. The fourth-order valence-electron chi connectivity index (χ4n) is 2.45. The predicted octanol–water partition coefficient (Wildman–Crippen LogP) is 5.25. The summed E-state index contributed by atoms with van der Waals surface area (Å²) in [5.41, 5.74) is 1.82. The Balaban J connectivity index is 1.65. The summed E-state index contributed by atoms with van der Waals surface area (Å²) in [5.74, 6) is 1.85. The van der Waals surface area contributed by atoms with Crippen molar-refractivity contribution in [2.45, 2.75) is 11.5 Å². The van der Waals surface area contributed by atoms with Gasteiger partial charge in [-0.2, -0.15) is 0 Å². The van der Waals surface area contributed by atoms with Crippen LogP contribution in [0.15, 0.2) is 83.8 Å². The van der Waals surface area contributed by atoms with Crippen LogP contribution in [0.4, 0.5) is 0 Å². The second-order valence-corrected chi connectivity index (χ2v) is 6.71. The van der Waals surface area contributed by atoms with Gasteiger partial charge in [-0.15, -0.1) is 11.8 Å². The first-order chi connectivity index (χ1) is 12.8. The third kappa shape index (κ3) is 4.90. The van der Waals surface area contributed by atoms with Crippen LogP contribution in [0.3, 0.4) is 0 Å². The zero-order chi connectivity index (χ0) is 18.2. The maximum atomic E-state index is 12.3. The van der Waals surface area contributed by atoms with Crippen LogP contribution in [0.2, 0.25) is 0 Å². The number of thioether (sulfide) groups is 1. The molecule has 0 radical (unpaired) electrons. The summed E-state index contributed by atoms with van der Waals surface area (Å²) < 4.78 is 11.3. The van der Waals surface area contributed by atoms with Gasteiger partial charge in [0.15, 0.2) is 17.3 Å². The Hall–Kier alpha value is -2.72. The Labute approximate surface area is 158 Å². The highest BCUT2D eigenvalue weighted by Gasteiger charge is 2.10. The van der Waals surface area contributed by atoms with Crippen molar-refractivity contribution in [1.29, 1.82) is 0 Å². The first-order valence-corrected chi connectivity index (χ1v) is 9.30. The lowest BCUT2D eigenvalue weighted by molar-refractivity contribution is 0.102. The molecule has 0 aliphatic heterocycles. The van der Waals surface area contributed by atoms with Crippen molar-refractivity contribution >= 4 is 17.5 Å². The monoisotopic (exact) mass is 364 g/mol. The molecule has 0 saturated heterocycles. The third-order valence-corrected chi connectivity index (χ3v) is 4.83. The van der Waals surface area contributed by atoms with E-state index in [1.54, 1.807) is 7.11 Å². The Bertz CT molecular complexity index is 848. The summed E-state index contributed by atoms with van der Waals surface area (Å²) in [6.45, 7) is 0.467. The van der Waals surface area contributed by atoms with Crippen LogP contribution in [0.5, 0.6) is 11.5 Å². The highest BCUT2D eigenvalue weighted by molar-refractivity contribution is 8.00. The molecule has 0 aliphatic carbocycles. The number of ketones is 1. The van der Waals surface area contributed by atoms with E-state index >= 15 is 0 Å². The highest BCUT2D eigenvalue weighted by Crippen LogP contribution is 2.33. The van der Waals surface area contributed by atoms with Crippen molar-refractivity contribution in [2.24, 2.45) is 0 Å². The maximum Gasteiger partial charge on any atom is 0.173 e. The minimum absolute atomic E-state index is 0.109. The van der Waals surface area contributed by atoms with Crippen molar-refractivity contribution in [2.75, 3.05) is 12.9 Å². The van der Waals surface area contributed by atoms with E-state index in [2.05, 4.69) is 0 Å². The average molecular weight is 364 g/mol. The van der Waals surface area contributed by atoms with Crippen molar-refractivity contribution < 1.29 is 14.3 Å². The van der Waals surface area contributed by atoms with E-state index in [1.807, 2.05) is 78.9 Å². The summed E-state index contributed by atoms with van der Waals surface area (Å²) in [4.78, 5) is 13.2. The molecule has 0 amide bonds. The summed E-state index contributed by atoms with van der Waals surface area (Å²) in [5, 5.41) is 0. The second-order valence-electron chi connectivity index (χ2n) is 5.66. The largest absolute Gasteiger partial charge is 0.493 e. The molecule has 0 saturated carbocycles. The second kappa shape index (κ2) is 9.11. The van der Waals surface area contributed by atoms with Gasteiger partial charge in [-0.1, -0.05) is 60.7 Å². The van der Waals surface area contributed by atoms with Gasteiger partial charge in [0.2, 0.25) is 0 Å². The predicted molar refractivity (Wildman–Crippen MR) is 105 cm³/mol. The van der Waals surface area contributed by atoms with Crippen molar-refractivity contribution in [3.05, 3.63) is 90.0 Å². The van der Waals surface area contributed by atoms with Gasteiger partial charge in [0.25, 0.3) is 0 Å². The molecular formula is C22H20O3S. The fraction of sp³-hybridized carbons (Fsp3) is 0.136. The van der Waals surface area contributed by atoms with E-state index in [-0.39, 0.29) is 5.78 Å². The molecule has 0 aliphatic rings. The first-order valence-electron chi connectivity index (χ1n) is 8.32. The number of rotatable bonds is 8. The molecule has 3 rings (SSSR count). The molecular weight excluding hydrogens is 344 g/mol. The van der Waals surface area contributed by atoms with Gasteiger partial charge in [0.05, 0.1) is 12.9 Å². The van der Waals surface area contributed by atoms with Gasteiger partial charge in [-0.05, 0) is 23.8 Å². The van der Waals surface area contributed by atoms with E-state index in [0.717, 1.165) is 16.0 Å². The molecule has 4 heteroatoms. The highest BCUT2D eigenvalue weighted by atomic mass is 32.2. The average Bonchev–Trinajstić information content (AvgIpc) is 2.72. The van der Waals surface area contributed by atoms with Gasteiger partial charge >= 0.3 is 0 Å². The van der Waals surface area contributed by atoms with E-state index in [0.29, 0.717) is 23.9 Å². The molecule has 26 heavy (non-hydrogen) atoms. The van der Waals surface area contributed by atoms with E-state index in [4.69, 9.17) is 9.47 Å². The number of carbonyl (C=O) groups is 1. The van der Waals surface area contributed by atoms with Crippen LogP contribution >= 0.6 is 11.8 Å². The normalized spacial score (nSPS) is 10.3. The van der Waals surface area contributed by atoms with Gasteiger partial charge in [-0.3, -0.25) is 4.79 Å². The third-order valence-electron chi connectivity index (χ3n) is 3.84. The molecule has 0 bridgehead atoms. The molecule has 0 atom stereocenters. The zero-order valence-electron chi connectivity index (χ0n) is 14.6. The number of carbonyl (C=O) groups excluding carboxylic acids is 1. The Morgan fingerprint density at radius 2 is 1.58 bits per heavy atom. The molecule has 0 N–H and O–H groups in total. The van der Waals surface area contributed by atoms with Crippen molar-refractivity contribution in [3.63, 3.8) is 0 Å². The molecule has 0 unspecified atom stereocenters. The maximum absolute atomic E-state index is 12.3. The summed E-state index contributed by atoms with van der Waals surface area (Å²) in [6.07, 6.45) is 0. The van der Waals surface area contributed by atoms with Crippen LogP contribution < -0.4 is 9.47 Å².